The Bertz CT molecular complexity index is 636. The van der Waals surface area contributed by atoms with Crippen molar-refractivity contribution in [1.29, 1.82) is 0 Å². The van der Waals surface area contributed by atoms with Crippen LogP contribution in [-0.4, -0.2) is 30.1 Å². The van der Waals surface area contributed by atoms with E-state index in [4.69, 9.17) is 11.6 Å². The van der Waals surface area contributed by atoms with Crippen LogP contribution in [0.3, 0.4) is 0 Å². The van der Waals surface area contributed by atoms with Gasteiger partial charge in [0.15, 0.2) is 0 Å². The third kappa shape index (κ3) is 2.55. The monoisotopic (exact) mass is 286 g/mol. The molecule has 0 saturated carbocycles. The van der Waals surface area contributed by atoms with Crippen molar-refractivity contribution in [2.45, 2.75) is 19.3 Å². The van der Waals surface area contributed by atoms with Gasteiger partial charge in [-0.1, -0.05) is 11.6 Å². The van der Waals surface area contributed by atoms with E-state index >= 15 is 0 Å². The van der Waals surface area contributed by atoms with Gasteiger partial charge in [-0.15, -0.1) is 5.73 Å². The molecule has 0 radical (unpaired) electrons. The molecule has 0 unspecified atom stereocenters. The van der Waals surface area contributed by atoms with Crippen molar-refractivity contribution in [3.63, 3.8) is 0 Å². The summed E-state index contributed by atoms with van der Waals surface area (Å²) < 4.78 is 0. The fourth-order valence-electron chi connectivity index (χ4n) is 2.55. The molecule has 1 aromatic rings. The van der Waals surface area contributed by atoms with Crippen molar-refractivity contribution in [1.82, 2.24) is 4.90 Å². The molecule has 0 atom stereocenters. The van der Waals surface area contributed by atoms with Gasteiger partial charge in [0, 0.05) is 30.4 Å². The van der Waals surface area contributed by atoms with Crippen LogP contribution in [0.5, 0.6) is 0 Å². The Morgan fingerprint density at radius 2 is 2.05 bits per heavy atom. The second-order valence-electron chi connectivity index (χ2n) is 5.00. The van der Waals surface area contributed by atoms with Crippen molar-refractivity contribution >= 4 is 35.5 Å². The number of benzene rings is 1. The lowest BCUT2D eigenvalue weighted by atomic mass is 10.1. The summed E-state index contributed by atoms with van der Waals surface area (Å²) >= 11 is 6.27. The van der Waals surface area contributed by atoms with E-state index in [2.05, 4.69) is 10.7 Å². The predicted molar refractivity (Wildman–Crippen MR) is 81.9 cm³/mol. The Labute approximate surface area is 123 Å². The molecule has 102 valence electrons. The molecule has 4 heteroatoms. The van der Waals surface area contributed by atoms with E-state index < -0.39 is 0 Å². The molecule has 1 amide bonds. The minimum absolute atomic E-state index is 0.0470. The van der Waals surface area contributed by atoms with Crippen molar-refractivity contribution in [3.05, 3.63) is 40.1 Å². The quantitative estimate of drug-likeness (QED) is 0.722. The molecule has 0 bridgehead atoms. The zero-order valence-corrected chi connectivity index (χ0v) is 11.9. The Morgan fingerprint density at radius 1 is 1.25 bits per heavy atom. The molecule has 1 aromatic carbocycles. The van der Waals surface area contributed by atoms with Gasteiger partial charge in [-0.25, -0.2) is 0 Å². The van der Waals surface area contributed by atoms with E-state index in [9.17, 15) is 4.79 Å². The molecule has 0 spiro atoms. The van der Waals surface area contributed by atoms with Crippen LogP contribution in [0.4, 0.5) is 5.69 Å². The summed E-state index contributed by atoms with van der Waals surface area (Å²) in [5, 5.41) is 0.544. The Kier molecular flexibility index (Phi) is 3.72. The minimum atomic E-state index is 0.0470. The van der Waals surface area contributed by atoms with Gasteiger partial charge in [0.25, 0.3) is 5.91 Å². The highest BCUT2D eigenvalue weighted by atomic mass is 35.5. The summed E-state index contributed by atoms with van der Waals surface area (Å²) in [5.41, 5.74) is 5.12. The number of aliphatic imine (C=N–C) groups is 1. The summed E-state index contributed by atoms with van der Waals surface area (Å²) in [4.78, 5) is 18.7. The number of hydrogen-bond donors (Lipinski definition) is 0. The zero-order chi connectivity index (χ0) is 13.9. The fourth-order valence-corrected chi connectivity index (χ4v) is 2.82. The first-order chi connectivity index (χ1) is 9.75. The lowest BCUT2D eigenvalue weighted by molar-refractivity contribution is 0.0724. The zero-order valence-electron chi connectivity index (χ0n) is 11.1. The van der Waals surface area contributed by atoms with Crippen LogP contribution in [0.25, 0.3) is 6.08 Å². The molecule has 1 saturated heterocycles. The van der Waals surface area contributed by atoms with Gasteiger partial charge in [0.1, 0.15) is 0 Å². The van der Waals surface area contributed by atoms with Gasteiger partial charge < -0.3 is 4.90 Å². The smallest absolute Gasteiger partial charge is 0.253 e. The molecule has 20 heavy (non-hydrogen) atoms. The van der Waals surface area contributed by atoms with Gasteiger partial charge in [-0.05, 0) is 43.5 Å². The first-order valence-corrected chi connectivity index (χ1v) is 7.21. The van der Waals surface area contributed by atoms with Crippen LogP contribution >= 0.6 is 11.6 Å². The van der Waals surface area contributed by atoms with E-state index in [1.54, 1.807) is 24.4 Å². The lowest BCUT2D eigenvalue weighted by Gasteiger charge is -2.27. The molecule has 2 heterocycles. The number of hydrogen-bond acceptors (Lipinski definition) is 2. The first kappa shape index (κ1) is 13.2. The normalized spacial score (nSPS) is 16.9. The molecule has 0 aliphatic carbocycles. The van der Waals surface area contributed by atoms with Crippen LogP contribution in [0.2, 0.25) is 5.02 Å². The maximum Gasteiger partial charge on any atom is 0.253 e. The number of fused-ring (bicyclic) bond motifs is 1. The SMILES string of the molecule is O=C(c1cc(Cl)c2c(c1)N=CC=C=C2)N1CCCCC1. The second-order valence-corrected chi connectivity index (χ2v) is 5.41. The summed E-state index contributed by atoms with van der Waals surface area (Å²) in [5.74, 6) is 0.0470. The Balaban J connectivity index is 1.95. The highest BCUT2D eigenvalue weighted by Gasteiger charge is 2.20. The molecule has 1 fully saturated rings. The van der Waals surface area contributed by atoms with E-state index in [1.807, 2.05) is 11.0 Å². The van der Waals surface area contributed by atoms with Gasteiger partial charge in [-0.3, -0.25) is 9.79 Å². The largest absolute Gasteiger partial charge is 0.339 e. The van der Waals surface area contributed by atoms with E-state index in [-0.39, 0.29) is 5.91 Å². The Morgan fingerprint density at radius 3 is 2.85 bits per heavy atom. The number of carbonyl (C=O) groups excluding carboxylic acids is 1. The van der Waals surface area contributed by atoms with E-state index in [0.717, 1.165) is 37.2 Å². The van der Waals surface area contributed by atoms with Crippen LogP contribution < -0.4 is 0 Å². The lowest BCUT2D eigenvalue weighted by Crippen LogP contribution is -2.35. The number of allylic oxidation sites excluding steroid dienone is 1. The van der Waals surface area contributed by atoms with E-state index in [1.165, 1.54) is 6.42 Å². The van der Waals surface area contributed by atoms with Crippen LogP contribution in [0.15, 0.2) is 28.9 Å². The van der Waals surface area contributed by atoms with Crippen molar-refractivity contribution < 1.29 is 4.79 Å². The molecule has 3 rings (SSSR count). The summed E-state index contributed by atoms with van der Waals surface area (Å²) in [6, 6.07) is 3.54. The van der Waals surface area contributed by atoms with Crippen LogP contribution in [0, 0.1) is 0 Å². The summed E-state index contributed by atoms with van der Waals surface area (Å²) in [7, 11) is 0. The summed E-state index contributed by atoms with van der Waals surface area (Å²) in [6.07, 6.45) is 8.54. The number of nitrogens with zero attached hydrogens (tertiary/aromatic N) is 2. The van der Waals surface area contributed by atoms with Gasteiger partial charge >= 0.3 is 0 Å². The molecular formula is C16H15ClN2O. The number of likely N-dealkylation sites (tertiary alicyclic amines) is 1. The molecular weight excluding hydrogens is 272 g/mol. The standard InChI is InChI=1S/C16H15ClN2O/c17-14-10-12(16(20)19-8-4-1-5-9-19)11-15-13(14)6-2-3-7-18-15/h3,6-7,10-11H,1,4-5,8-9H2. The molecule has 2 aliphatic rings. The number of piperidine rings is 1. The van der Waals surface area contributed by atoms with Crippen LogP contribution in [-0.2, 0) is 0 Å². The number of halogens is 1. The Hall–Kier alpha value is -1.83. The molecule has 0 aromatic heterocycles. The third-order valence-corrected chi connectivity index (χ3v) is 3.92. The molecule has 2 aliphatic heterocycles. The van der Waals surface area contributed by atoms with Crippen molar-refractivity contribution in [3.8, 4) is 0 Å². The van der Waals surface area contributed by atoms with Crippen molar-refractivity contribution in [2.24, 2.45) is 4.99 Å². The predicted octanol–water partition coefficient (Wildman–Crippen LogP) is 3.85. The van der Waals surface area contributed by atoms with Gasteiger partial charge in [0.05, 0.1) is 10.7 Å². The molecule has 3 nitrogen and oxygen atoms in total. The number of amides is 1. The maximum absolute atomic E-state index is 12.5. The minimum Gasteiger partial charge on any atom is -0.339 e. The average Bonchev–Trinajstić information content (AvgIpc) is 2.73. The van der Waals surface area contributed by atoms with Gasteiger partial charge in [0.2, 0.25) is 0 Å². The number of carbonyl (C=O) groups is 1. The highest BCUT2D eigenvalue weighted by molar-refractivity contribution is 6.33. The topological polar surface area (TPSA) is 32.7 Å². The molecule has 0 N–H and O–H groups in total. The maximum atomic E-state index is 12.5. The third-order valence-electron chi connectivity index (χ3n) is 3.61. The fraction of sp³-hybridized carbons (Fsp3) is 0.312. The van der Waals surface area contributed by atoms with Crippen LogP contribution in [0.1, 0.15) is 35.2 Å². The van der Waals surface area contributed by atoms with Crippen molar-refractivity contribution in [2.75, 3.05) is 13.1 Å². The highest BCUT2D eigenvalue weighted by Crippen LogP contribution is 2.31. The van der Waals surface area contributed by atoms with E-state index in [0.29, 0.717) is 10.6 Å². The van der Waals surface area contributed by atoms with Gasteiger partial charge in [-0.2, -0.15) is 0 Å². The second kappa shape index (κ2) is 5.66. The first-order valence-electron chi connectivity index (χ1n) is 6.84. The average molecular weight is 287 g/mol. The number of rotatable bonds is 1. The summed E-state index contributed by atoms with van der Waals surface area (Å²) in [6.45, 7) is 1.66.